The van der Waals surface area contributed by atoms with Gasteiger partial charge in [0.15, 0.2) is 0 Å². The van der Waals surface area contributed by atoms with Gasteiger partial charge in [-0.1, -0.05) is 42.5 Å². The van der Waals surface area contributed by atoms with Crippen molar-refractivity contribution in [2.24, 2.45) is 0 Å². The van der Waals surface area contributed by atoms with E-state index in [2.05, 4.69) is 74.6 Å². The van der Waals surface area contributed by atoms with Crippen molar-refractivity contribution in [3.63, 3.8) is 0 Å². The summed E-state index contributed by atoms with van der Waals surface area (Å²) in [6.07, 6.45) is 9.00. The molecule has 3 N–H and O–H groups in total. The number of anilines is 1. The van der Waals surface area contributed by atoms with Gasteiger partial charge in [-0.15, -0.1) is 0 Å². The summed E-state index contributed by atoms with van der Waals surface area (Å²) in [5.41, 5.74) is 13.6. The maximum absolute atomic E-state index is 14.3. The van der Waals surface area contributed by atoms with Crippen LogP contribution in [0.1, 0.15) is 65.2 Å². The van der Waals surface area contributed by atoms with E-state index in [9.17, 15) is 9.18 Å². The lowest BCUT2D eigenvalue weighted by atomic mass is 9.84. The van der Waals surface area contributed by atoms with E-state index in [0.29, 0.717) is 18.2 Å². The average molecular weight is 635 g/mol. The van der Waals surface area contributed by atoms with Gasteiger partial charge in [0.25, 0.3) is 5.91 Å². The first kappa shape index (κ1) is 31.4. The van der Waals surface area contributed by atoms with E-state index in [1.807, 2.05) is 0 Å². The number of likely N-dealkylation sites (N-methyl/N-ethyl adjacent to an activating group) is 1. The van der Waals surface area contributed by atoms with Gasteiger partial charge in [-0.05, 0) is 91.6 Å². The number of nitrogens with one attached hydrogen (secondary N) is 1. The minimum atomic E-state index is -0.625. The fourth-order valence-corrected chi connectivity index (χ4v) is 7.42. The Morgan fingerprint density at radius 1 is 0.957 bits per heavy atom. The van der Waals surface area contributed by atoms with Crippen LogP contribution in [-0.4, -0.2) is 71.0 Å². The van der Waals surface area contributed by atoms with Crippen molar-refractivity contribution < 1.29 is 13.9 Å². The minimum absolute atomic E-state index is 0.0971. The molecule has 2 aromatic heterocycles. The summed E-state index contributed by atoms with van der Waals surface area (Å²) in [5.74, 6) is -0.869. The maximum Gasteiger partial charge on any atom is 0.255 e. The molecule has 244 valence electrons. The van der Waals surface area contributed by atoms with Crippen LogP contribution >= 0.6 is 0 Å². The second-order valence-electron chi connectivity index (χ2n) is 13.2. The van der Waals surface area contributed by atoms with Crippen LogP contribution in [0.2, 0.25) is 0 Å². The SMILES string of the molecule is CN1CCN([C@H]2CCCc3cc(-c4ccc(CO[C@H]5CCC[C@@H]5NC(=O)c5cc(-c6cccnc6F)cnc5N)cc4)ccc32)CC1. The summed E-state index contributed by atoms with van der Waals surface area (Å²) < 4.78 is 20.6. The number of amides is 1. The molecular weight excluding hydrogens is 591 g/mol. The molecule has 1 saturated carbocycles. The van der Waals surface area contributed by atoms with Gasteiger partial charge in [-0.25, -0.2) is 9.97 Å². The Kier molecular flexibility index (Phi) is 9.29. The first-order valence-electron chi connectivity index (χ1n) is 16.9. The molecule has 9 heteroatoms. The smallest absolute Gasteiger partial charge is 0.255 e. The Bertz CT molecular complexity index is 1720. The number of fused-ring (bicyclic) bond motifs is 1. The lowest BCUT2D eigenvalue weighted by Crippen LogP contribution is -2.46. The fourth-order valence-electron chi connectivity index (χ4n) is 7.42. The summed E-state index contributed by atoms with van der Waals surface area (Å²) in [5, 5.41) is 3.10. The number of halogens is 1. The predicted molar refractivity (Wildman–Crippen MR) is 182 cm³/mol. The molecule has 2 fully saturated rings. The molecule has 0 unspecified atom stereocenters. The Hall–Kier alpha value is -4.18. The topological polar surface area (TPSA) is 96.6 Å². The van der Waals surface area contributed by atoms with Crippen molar-refractivity contribution in [2.45, 2.75) is 63.3 Å². The van der Waals surface area contributed by atoms with E-state index in [-0.39, 0.29) is 35.0 Å². The van der Waals surface area contributed by atoms with E-state index in [1.54, 1.807) is 18.2 Å². The van der Waals surface area contributed by atoms with Crippen molar-refractivity contribution in [3.05, 3.63) is 101 Å². The van der Waals surface area contributed by atoms with Crippen molar-refractivity contribution in [1.29, 1.82) is 0 Å². The van der Waals surface area contributed by atoms with Crippen LogP contribution in [0.3, 0.4) is 0 Å². The average Bonchev–Trinajstić information content (AvgIpc) is 3.54. The molecule has 47 heavy (non-hydrogen) atoms. The number of hydrogen-bond donors (Lipinski definition) is 2. The Balaban J connectivity index is 0.968. The second kappa shape index (κ2) is 13.9. The molecule has 3 heterocycles. The molecule has 3 aliphatic rings. The molecule has 2 aromatic carbocycles. The van der Waals surface area contributed by atoms with E-state index in [1.165, 1.54) is 47.5 Å². The third kappa shape index (κ3) is 6.93. The van der Waals surface area contributed by atoms with E-state index in [0.717, 1.165) is 57.4 Å². The fraction of sp³-hybridized carbons (Fsp3) is 0.395. The Morgan fingerprint density at radius 2 is 1.77 bits per heavy atom. The zero-order chi connectivity index (χ0) is 32.3. The third-order valence-electron chi connectivity index (χ3n) is 10.2. The van der Waals surface area contributed by atoms with Gasteiger partial charge in [0.1, 0.15) is 5.82 Å². The second-order valence-corrected chi connectivity index (χ2v) is 13.2. The molecule has 8 nitrogen and oxygen atoms in total. The summed E-state index contributed by atoms with van der Waals surface area (Å²) >= 11 is 0. The molecule has 0 bridgehead atoms. The number of hydrogen-bond acceptors (Lipinski definition) is 7. The maximum atomic E-state index is 14.3. The molecule has 1 amide bonds. The number of aromatic nitrogens is 2. The number of piperazine rings is 1. The lowest BCUT2D eigenvalue weighted by Gasteiger charge is -2.40. The monoisotopic (exact) mass is 634 g/mol. The van der Waals surface area contributed by atoms with Crippen LogP contribution in [0, 0.1) is 5.95 Å². The first-order valence-corrected chi connectivity index (χ1v) is 16.9. The van der Waals surface area contributed by atoms with Gasteiger partial charge in [0.05, 0.1) is 24.3 Å². The highest BCUT2D eigenvalue weighted by molar-refractivity contribution is 5.99. The zero-order valence-electron chi connectivity index (χ0n) is 27.0. The minimum Gasteiger partial charge on any atom is -0.383 e. The van der Waals surface area contributed by atoms with E-state index < -0.39 is 5.95 Å². The number of nitrogen functional groups attached to an aromatic ring is 1. The van der Waals surface area contributed by atoms with E-state index in [4.69, 9.17) is 10.5 Å². The number of carbonyl (C=O) groups excluding carboxylic acids is 1. The molecule has 7 rings (SSSR count). The van der Waals surface area contributed by atoms with Gasteiger partial charge >= 0.3 is 0 Å². The Morgan fingerprint density at radius 3 is 2.57 bits per heavy atom. The van der Waals surface area contributed by atoms with Crippen LogP contribution in [0.4, 0.5) is 10.2 Å². The number of nitrogens with zero attached hydrogens (tertiary/aromatic N) is 4. The number of carbonyl (C=O) groups is 1. The molecule has 1 aliphatic heterocycles. The standard InChI is InChI=1S/C38H43FN6O2/c1-44-17-19-45(20-18-44)34-8-2-5-28-21-27(14-15-30(28)34)26-12-10-25(11-13-26)24-47-35-9-3-7-33(35)43-38(46)32-22-29(23-42-37(32)40)31-6-4-16-41-36(31)39/h4,6,10-16,21-23,33-35H,2-3,5,7-9,17-20,24H2,1H3,(H2,40,42)(H,43,46)/t33-,34-,35-/m0/s1. The predicted octanol–water partition coefficient (Wildman–Crippen LogP) is 6.02. The van der Waals surface area contributed by atoms with Gasteiger partial charge < -0.3 is 20.7 Å². The highest BCUT2D eigenvalue weighted by Crippen LogP contribution is 2.37. The van der Waals surface area contributed by atoms with E-state index >= 15 is 0 Å². The lowest BCUT2D eigenvalue weighted by molar-refractivity contribution is 0.0272. The van der Waals surface area contributed by atoms with Gasteiger partial charge in [-0.2, -0.15) is 4.39 Å². The van der Waals surface area contributed by atoms with Crippen LogP contribution in [0.5, 0.6) is 0 Å². The molecule has 4 aromatic rings. The number of pyridine rings is 2. The van der Waals surface area contributed by atoms with Crippen molar-refractivity contribution in [1.82, 2.24) is 25.1 Å². The summed E-state index contributed by atoms with van der Waals surface area (Å²) in [6.45, 7) is 5.06. The third-order valence-corrected chi connectivity index (χ3v) is 10.2. The Labute approximate surface area is 276 Å². The largest absolute Gasteiger partial charge is 0.383 e. The normalized spacial score (nSPS) is 21.8. The van der Waals surface area contributed by atoms with Gasteiger partial charge in [0.2, 0.25) is 5.95 Å². The summed E-state index contributed by atoms with van der Waals surface area (Å²) in [4.78, 5) is 26.2. The quantitative estimate of drug-likeness (QED) is 0.229. The number of rotatable bonds is 8. The van der Waals surface area contributed by atoms with Crippen LogP contribution in [-0.2, 0) is 17.8 Å². The van der Waals surface area contributed by atoms with Crippen molar-refractivity contribution >= 4 is 11.7 Å². The summed E-state index contributed by atoms with van der Waals surface area (Å²) in [7, 11) is 2.22. The van der Waals surface area contributed by atoms with Crippen molar-refractivity contribution in [2.75, 3.05) is 39.0 Å². The number of benzene rings is 2. The number of aryl methyl sites for hydroxylation is 1. The van der Waals surface area contributed by atoms with Crippen LogP contribution in [0.25, 0.3) is 22.3 Å². The summed E-state index contributed by atoms with van der Waals surface area (Å²) in [6, 6.07) is 20.9. The molecule has 0 radical (unpaired) electrons. The van der Waals surface area contributed by atoms with Crippen LogP contribution in [0.15, 0.2) is 73.1 Å². The van der Waals surface area contributed by atoms with Gasteiger partial charge in [-0.3, -0.25) is 9.69 Å². The highest BCUT2D eigenvalue weighted by Gasteiger charge is 2.31. The number of ether oxygens (including phenoxy) is 1. The first-order chi connectivity index (χ1) is 22.9. The van der Waals surface area contributed by atoms with Crippen LogP contribution < -0.4 is 11.1 Å². The molecular formula is C38H43FN6O2. The van der Waals surface area contributed by atoms with Crippen molar-refractivity contribution in [3.8, 4) is 22.3 Å². The molecule has 1 saturated heterocycles. The highest BCUT2D eigenvalue weighted by atomic mass is 19.1. The zero-order valence-corrected chi connectivity index (χ0v) is 27.0. The molecule has 0 spiro atoms. The number of nitrogens with two attached hydrogens (primary N) is 1. The molecule has 3 atom stereocenters. The molecule has 2 aliphatic carbocycles. The van der Waals surface area contributed by atoms with Gasteiger partial charge in [0, 0.05) is 55.7 Å².